The number of nitrogens with one attached hydrogen (secondary N) is 1. The van der Waals surface area contributed by atoms with Gasteiger partial charge in [0.25, 0.3) is 0 Å². The summed E-state index contributed by atoms with van der Waals surface area (Å²) in [5, 5.41) is 6.84. The van der Waals surface area contributed by atoms with Crippen LogP contribution >= 0.6 is 22.9 Å². The number of alkyl halides is 1. The maximum atomic E-state index is 6.34. The van der Waals surface area contributed by atoms with Crippen LogP contribution in [0.15, 0.2) is 5.38 Å². The fourth-order valence-electron chi connectivity index (χ4n) is 1.77. The van der Waals surface area contributed by atoms with Crippen LogP contribution in [0.5, 0.6) is 0 Å². The van der Waals surface area contributed by atoms with Gasteiger partial charge in [-0.05, 0) is 12.8 Å². The quantitative estimate of drug-likeness (QED) is 0.758. The smallest absolute Gasteiger partial charge is 0.107 e. The zero-order valence-corrected chi connectivity index (χ0v) is 11.9. The molecule has 0 aromatic carbocycles. The normalized spacial score (nSPS) is 13.3. The van der Waals surface area contributed by atoms with Crippen molar-refractivity contribution in [1.82, 2.24) is 10.3 Å². The summed E-state index contributed by atoms with van der Waals surface area (Å²) in [4.78, 5) is 4.41. The molecule has 0 fully saturated rings. The summed E-state index contributed by atoms with van der Waals surface area (Å²) in [6.45, 7) is 8.13. The van der Waals surface area contributed by atoms with Crippen molar-refractivity contribution in [2.45, 2.75) is 45.5 Å². The minimum Gasteiger partial charge on any atom is -0.309 e. The van der Waals surface area contributed by atoms with E-state index in [0.717, 1.165) is 36.6 Å². The third-order valence-corrected chi connectivity index (χ3v) is 4.32. The summed E-state index contributed by atoms with van der Waals surface area (Å²) in [5.41, 5.74) is 1.10. The Kier molecular flexibility index (Phi) is 6.32. The Morgan fingerprint density at radius 1 is 1.44 bits per heavy atom. The molecule has 0 aliphatic carbocycles. The molecule has 1 N–H and O–H groups in total. The Labute approximate surface area is 107 Å². The van der Waals surface area contributed by atoms with Gasteiger partial charge in [0.2, 0.25) is 0 Å². The molecule has 1 heterocycles. The first-order chi connectivity index (χ1) is 7.67. The van der Waals surface area contributed by atoms with Crippen molar-refractivity contribution in [2.75, 3.05) is 6.54 Å². The second kappa shape index (κ2) is 7.25. The van der Waals surface area contributed by atoms with Crippen LogP contribution in [0.3, 0.4) is 0 Å². The van der Waals surface area contributed by atoms with E-state index in [2.05, 4.69) is 29.5 Å². The van der Waals surface area contributed by atoms with Crippen molar-refractivity contribution >= 4 is 22.9 Å². The molecule has 16 heavy (non-hydrogen) atoms. The van der Waals surface area contributed by atoms with E-state index in [4.69, 9.17) is 11.6 Å². The third kappa shape index (κ3) is 4.40. The van der Waals surface area contributed by atoms with E-state index in [0.29, 0.717) is 5.92 Å². The van der Waals surface area contributed by atoms with E-state index >= 15 is 0 Å². The van der Waals surface area contributed by atoms with E-state index in [9.17, 15) is 0 Å². The van der Waals surface area contributed by atoms with Crippen LogP contribution in [-0.2, 0) is 6.54 Å². The summed E-state index contributed by atoms with van der Waals surface area (Å²) in [7, 11) is 0. The van der Waals surface area contributed by atoms with Crippen LogP contribution in [0, 0.1) is 12.8 Å². The largest absolute Gasteiger partial charge is 0.309 e. The van der Waals surface area contributed by atoms with Gasteiger partial charge >= 0.3 is 0 Å². The molecule has 0 spiro atoms. The van der Waals surface area contributed by atoms with E-state index in [1.54, 1.807) is 11.3 Å². The molecule has 92 valence electrons. The van der Waals surface area contributed by atoms with E-state index in [1.165, 1.54) is 0 Å². The molecule has 0 bridgehead atoms. The molecule has 0 aliphatic heterocycles. The minimum atomic E-state index is 0.232. The molecule has 0 saturated carbocycles. The molecule has 0 aliphatic rings. The minimum absolute atomic E-state index is 0.232. The Bertz CT molecular complexity index is 297. The van der Waals surface area contributed by atoms with Gasteiger partial charge < -0.3 is 5.32 Å². The molecule has 0 amide bonds. The van der Waals surface area contributed by atoms with Gasteiger partial charge in [-0.25, -0.2) is 4.98 Å². The topological polar surface area (TPSA) is 24.9 Å². The molecular formula is C12H21ClN2S. The van der Waals surface area contributed by atoms with Crippen LogP contribution < -0.4 is 5.32 Å². The summed E-state index contributed by atoms with van der Waals surface area (Å²) in [5.74, 6) is 0.618. The molecule has 2 nitrogen and oxygen atoms in total. The first kappa shape index (κ1) is 13.9. The lowest BCUT2D eigenvalue weighted by molar-refractivity contribution is 0.446. The second-order valence-corrected chi connectivity index (χ2v) is 5.61. The highest BCUT2D eigenvalue weighted by molar-refractivity contribution is 7.09. The summed E-state index contributed by atoms with van der Waals surface area (Å²) in [6, 6.07) is 0. The lowest BCUT2D eigenvalue weighted by Gasteiger charge is -2.19. The lowest BCUT2D eigenvalue weighted by atomic mass is 9.99. The van der Waals surface area contributed by atoms with Gasteiger partial charge in [-0.1, -0.05) is 26.7 Å². The number of thiazole rings is 1. The maximum absolute atomic E-state index is 6.34. The highest BCUT2D eigenvalue weighted by Gasteiger charge is 2.14. The van der Waals surface area contributed by atoms with E-state index in [1.807, 2.05) is 6.92 Å². The zero-order valence-electron chi connectivity index (χ0n) is 10.3. The van der Waals surface area contributed by atoms with Crippen LogP contribution in [0.1, 0.15) is 37.4 Å². The Morgan fingerprint density at radius 2 is 2.12 bits per heavy atom. The van der Waals surface area contributed by atoms with Crippen molar-refractivity contribution in [3.63, 3.8) is 0 Å². The summed E-state index contributed by atoms with van der Waals surface area (Å²) >= 11 is 8.04. The van der Waals surface area contributed by atoms with Gasteiger partial charge in [-0.15, -0.1) is 22.9 Å². The van der Waals surface area contributed by atoms with Crippen molar-refractivity contribution in [3.8, 4) is 0 Å². The molecule has 1 aromatic heterocycles. The van der Waals surface area contributed by atoms with Gasteiger partial charge in [0.1, 0.15) is 5.01 Å². The summed E-state index contributed by atoms with van der Waals surface area (Å²) < 4.78 is 0. The van der Waals surface area contributed by atoms with Gasteiger partial charge in [-0.3, -0.25) is 0 Å². The molecule has 4 heteroatoms. The number of nitrogens with zero attached hydrogens (tertiary/aromatic N) is 1. The van der Waals surface area contributed by atoms with Crippen molar-refractivity contribution in [2.24, 2.45) is 5.92 Å². The van der Waals surface area contributed by atoms with Crippen LogP contribution in [0.4, 0.5) is 0 Å². The van der Waals surface area contributed by atoms with Gasteiger partial charge in [0.15, 0.2) is 0 Å². The first-order valence-corrected chi connectivity index (χ1v) is 7.24. The van der Waals surface area contributed by atoms with Gasteiger partial charge in [-0.2, -0.15) is 0 Å². The van der Waals surface area contributed by atoms with Crippen molar-refractivity contribution in [3.05, 3.63) is 16.1 Å². The molecule has 1 aromatic rings. The molecule has 0 radical (unpaired) electrons. The number of hydrogen-bond acceptors (Lipinski definition) is 3. The average Bonchev–Trinajstić information content (AvgIpc) is 2.66. The SMILES string of the molecule is CCC(CC)C(Cl)CNCc1nc(C)cs1. The van der Waals surface area contributed by atoms with Crippen LogP contribution in [0.25, 0.3) is 0 Å². The zero-order chi connectivity index (χ0) is 12.0. The predicted octanol–water partition coefficient (Wildman–Crippen LogP) is 3.58. The number of hydrogen-bond donors (Lipinski definition) is 1. The van der Waals surface area contributed by atoms with Crippen LogP contribution in [0.2, 0.25) is 0 Å². The Morgan fingerprint density at radius 3 is 2.62 bits per heavy atom. The van der Waals surface area contributed by atoms with Crippen molar-refractivity contribution < 1.29 is 0 Å². The second-order valence-electron chi connectivity index (χ2n) is 4.11. The van der Waals surface area contributed by atoms with E-state index < -0.39 is 0 Å². The van der Waals surface area contributed by atoms with Crippen LogP contribution in [-0.4, -0.2) is 16.9 Å². The van der Waals surface area contributed by atoms with Crippen molar-refractivity contribution in [1.29, 1.82) is 0 Å². The molecule has 0 saturated heterocycles. The van der Waals surface area contributed by atoms with Gasteiger partial charge in [0, 0.05) is 29.5 Å². The number of aryl methyl sites for hydroxylation is 1. The monoisotopic (exact) mass is 260 g/mol. The third-order valence-electron chi connectivity index (χ3n) is 2.84. The highest BCUT2D eigenvalue weighted by atomic mass is 35.5. The maximum Gasteiger partial charge on any atom is 0.107 e. The molecule has 1 unspecified atom stereocenters. The predicted molar refractivity (Wildman–Crippen MR) is 72.3 cm³/mol. The summed E-state index contributed by atoms with van der Waals surface area (Å²) in [6.07, 6.45) is 2.31. The van der Waals surface area contributed by atoms with Gasteiger partial charge in [0.05, 0.1) is 0 Å². The fraction of sp³-hybridized carbons (Fsp3) is 0.750. The molecular weight excluding hydrogens is 240 g/mol. The average molecular weight is 261 g/mol. The fourth-order valence-corrected chi connectivity index (χ4v) is 2.97. The Hall–Kier alpha value is -0.120. The lowest BCUT2D eigenvalue weighted by Crippen LogP contribution is -2.28. The molecule has 1 rings (SSSR count). The highest BCUT2D eigenvalue weighted by Crippen LogP contribution is 2.18. The first-order valence-electron chi connectivity index (χ1n) is 5.93. The Balaban J connectivity index is 2.24. The number of halogens is 1. The number of rotatable bonds is 7. The van der Waals surface area contributed by atoms with E-state index in [-0.39, 0.29) is 5.38 Å². The number of aromatic nitrogens is 1. The standard InChI is InChI=1S/C12H21ClN2S/c1-4-10(5-2)11(13)6-14-7-12-15-9(3)8-16-12/h8,10-11,14H,4-7H2,1-3H3. The molecule has 1 atom stereocenters.